The molecule has 20 heavy (non-hydrogen) atoms. The van der Waals surface area contributed by atoms with Crippen molar-refractivity contribution in [1.29, 1.82) is 0 Å². The van der Waals surface area contributed by atoms with E-state index in [4.69, 9.17) is 4.74 Å². The normalized spacial score (nSPS) is 20.6. The van der Waals surface area contributed by atoms with Crippen LogP contribution < -0.4 is 4.74 Å². The molecule has 1 aliphatic heterocycles. The van der Waals surface area contributed by atoms with Gasteiger partial charge in [0, 0.05) is 24.2 Å². The molecule has 1 atom stereocenters. The Morgan fingerprint density at radius 2 is 2.15 bits per heavy atom. The average molecular weight is 277 g/mol. The number of phenols is 1. The summed E-state index contributed by atoms with van der Waals surface area (Å²) in [6, 6.07) is 6.31. The van der Waals surface area contributed by atoms with Gasteiger partial charge in [-0.3, -0.25) is 4.90 Å². The molecular formula is C17H27NO2. The standard InChI is InChI=1S/C17H27NO2/c1-3-11-20-16-9-8-15(17(19)12-16)13-18-10-6-4-5-7-14(18)2/h8-9,12,14,19H,3-7,10-11,13H2,1-2H3. The zero-order chi connectivity index (χ0) is 14.4. The summed E-state index contributed by atoms with van der Waals surface area (Å²) in [7, 11) is 0. The van der Waals surface area contributed by atoms with Crippen molar-refractivity contribution >= 4 is 0 Å². The minimum atomic E-state index is 0.357. The van der Waals surface area contributed by atoms with Crippen molar-refractivity contribution in [1.82, 2.24) is 4.90 Å². The summed E-state index contributed by atoms with van der Waals surface area (Å²) in [6.45, 7) is 7.04. The van der Waals surface area contributed by atoms with Crippen LogP contribution in [0, 0.1) is 0 Å². The lowest BCUT2D eigenvalue weighted by atomic mass is 10.1. The number of ether oxygens (including phenoxy) is 1. The van der Waals surface area contributed by atoms with Crippen LogP contribution in [0.4, 0.5) is 0 Å². The van der Waals surface area contributed by atoms with E-state index in [-0.39, 0.29) is 0 Å². The number of hydrogen-bond donors (Lipinski definition) is 1. The number of nitrogens with zero attached hydrogens (tertiary/aromatic N) is 1. The third-order valence-electron chi connectivity index (χ3n) is 4.09. The summed E-state index contributed by atoms with van der Waals surface area (Å²) in [5, 5.41) is 10.2. The lowest BCUT2D eigenvalue weighted by Gasteiger charge is -2.27. The first-order valence-electron chi connectivity index (χ1n) is 7.89. The van der Waals surface area contributed by atoms with E-state index in [1.165, 1.54) is 25.7 Å². The number of hydrogen-bond acceptors (Lipinski definition) is 3. The largest absolute Gasteiger partial charge is 0.507 e. The molecule has 1 aliphatic rings. The van der Waals surface area contributed by atoms with Crippen molar-refractivity contribution in [3.05, 3.63) is 23.8 Å². The fourth-order valence-electron chi connectivity index (χ4n) is 2.78. The number of aromatic hydroxyl groups is 1. The van der Waals surface area contributed by atoms with Crippen LogP contribution in [0.1, 0.15) is 51.5 Å². The zero-order valence-electron chi connectivity index (χ0n) is 12.8. The SMILES string of the molecule is CCCOc1ccc(CN2CCCCCC2C)c(O)c1. The summed E-state index contributed by atoms with van der Waals surface area (Å²) in [5.74, 6) is 1.12. The first-order chi connectivity index (χ1) is 9.70. The Morgan fingerprint density at radius 1 is 1.30 bits per heavy atom. The molecule has 0 radical (unpaired) electrons. The maximum absolute atomic E-state index is 10.2. The molecule has 0 aromatic heterocycles. The Morgan fingerprint density at radius 3 is 2.90 bits per heavy atom. The molecule has 1 unspecified atom stereocenters. The molecule has 1 aromatic carbocycles. The third-order valence-corrected chi connectivity index (χ3v) is 4.09. The quantitative estimate of drug-likeness (QED) is 0.884. The van der Waals surface area contributed by atoms with E-state index in [9.17, 15) is 5.11 Å². The van der Waals surface area contributed by atoms with Crippen molar-refractivity contribution in [2.24, 2.45) is 0 Å². The van der Waals surface area contributed by atoms with E-state index in [0.717, 1.165) is 30.8 Å². The molecule has 3 nitrogen and oxygen atoms in total. The maximum atomic E-state index is 10.2. The summed E-state index contributed by atoms with van der Waals surface area (Å²) >= 11 is 0. The van der Waals surface area contributed by atoms with Crippen molar-refractivity contribution in [2.75, 3.05) is 13.2 Å². The molecular weight excluding hydrogens is 250 g/mol. The molecule has 112 valence electrons. The minimum Gasteiger partial charge on any atom is -0.507 e. The highest BCUT2D eigenvalue weighted by molar-refractivity contribution is 5.39. The number of likely N-dealkylation sites (tertiary alicyclic amines) is 1. The Balaban J connectivity index is 2.01. The van der Waals surface area contributed by atoms with Gasteiger partial charge in [-0.25, -0.2) is 0 Å². The van der Waals surface area contributed by atoms with Gasteiger partial charge in [0.1, 0.15) is 11.5 Å². The first kappa shape index (κ1) is 15.2. The second-order valence-electron chi connectivity index (χ2n) is 5.81. The fraction of sp³-hybridized carbons (Fsp3) is 0.647. The Kier molecular flexibility index (Phi) is 5.72. The Hall–Kier alpha value is -1.22. The van der Waals surface area contributed by atoms with Gasteiger partial charge in [-0.05, 0) is 38.8 Å². The van der Waals surface area contributed by atoms with Crippen molar-refractivity contribution < 1.29 is 9.84 Å². The van der Waals surface area contributed by atoms with Crippen LogP contribution in [0.2, 0.25) is 0 Å². The molecule has 1 heterocycles. The molecule has 2 rings (SSSR count). The van der Waals surface area contributed by atoms with E-state index in [2.05, 4.69) is 18.7 Å². The highest BCUT2D eigenvalue weighted by Crippen LogP contribution is 2.27. The van der Waals surface area contributed by atoms with Crippen LogP contribution in [0.3, 0.4) is 0 Å². The van der Waals surface area contributed by atoms with Crippen LogP contribution >= 0.6 is 0 Å². The predicted molar refractivity (Wildman–Crippen MR) is 82.2 cm³/mol. The predicted octanol–water partition coefficient (Wildman–Crippen LogP) is 3.95. The van der Waals surface area contributed by atoms with Gasteiger partial charge < -0.3 is 9.84 Å². The van der Waals surface area contributed by atoms with E-state index in [1.54, 1.807) is 6.07 Å². The first-order valence-corrected chi connectivity index (χ1v) is 7.89. The second kappa shape index (κ2) is 7.53. The maximum Gasteiger partial charge on any atom is 0.123 e. The van der Waals surface area contributed by atoms with Crippen LogP contribution in [0.15, 0.2) is 18.2 Å². The van der Waals surface area contributed by atoms with Gasteiger partial charge in [0.15, 0.2) is 0 Å². The molecule has 0 amide bonds. The van der Waals surface area contributed by atoms with Crippen molar-refractivity contribution in [3.8, 4) is 11.5 Å². The molecule has 1 saturated heterocycles. The van der Waals surface area contributed by atoms with Gasteiger partial charge in [0.2, 0.25) is 0 Å². The molecule has 1 N–H and O–H groups in total. The zero-order valence-corrected chi connectivity index (χ0v) is 12.8. The summed E-state index contributed by atoms with van der Waals surface area (Å²) in [6.07, 6.45) is 6.17. The Labute approximate surface area is 122 Å². The molecule has 3 heteroatoms. The van der Waals surface area contributed by atoms with E-state index in [1.807, 2.05) is 12.1 Å². The van der Waals surface area contributed by atoms with Gasteiger partial charge in [0.05, 0.1) is 6.61 Å². The van der Waals surface area contributed by atoms with Crippen LogP contribution in [0.25, 0.3) is 0 Å². The van der Waals surface area contributed by atoms with Crippen LogP contribution in [-0.4, -0.2) is 29.2 Å². The van der Waals surface area contributed by atoms with Crippen molar-refractivity contribution in [3.63, 3.8) is 0 Å². The summed E-state index contributed by atoms with van der Waals surface area (Å²) in [4.78, 5) is 2.48. The molecule has 0 saturated carbocycles. The molecule has 0 spiro atoms. The lowest BCUT2D eigenvalue weighted by Crippen LogP contribution is -2.31. The van der Waals surface area contributed by atoms with Gasteiger partial charge in [-0.15, -0.1) is 0 Å². The van der Waals surface area contributed by atoms with Gasteiger partial charge >= 0.3 is 0 Å². The monoisotopic (exact) mass is 277 g/mol. The number of benzene rings is 1. The minimum absolute atomic E-state index is 0.357. The number of rotatable bonds is 5. The number of phenolic OH excluding ortho intramolecular Hbond substituents is 1. The van der Waals surface area contributed by atoms with E-state index in [0.29, 0.717) is 18.4 Å². The van der Waals surface area contributed by atoms with E-state index >= 15 is 0 Å². The van der Waals surface area contributed by atoms with Crippen LogP contribution in [-0.2, 0) is 6.54 Å². The Bertz CT molecular complexity index is 419. The van der Waals surface area contributed by atoms with Crippen molar-refractivity contribution in [2.45, 2.75) is 58.5 Å². The molecule has 0 bridgehead atoms. The second-order valence-corrected chi connectivity index (χ2v) is 5.81. The van der Waals surface area contributed by atoms with Gasteiger partial charge in [0.25, 0.3) is 0 Å². The van der Waals surface area contributed by atoms with E-state index < -0.39 is 0 Å². The smallest absolute Gasteiger partial charge is 0.123 e. The summed E-state index contributed by atoms with van der Waals surface area (Å²) in [5.41, 5.74) is 1.00. The van der Waals surface area contributed by atoms with Gasteiger partial charge in [-0.1, -0.05) is 25.8 Å². The highest BCUT2D eigenvalue weighted by Gasteiger charge is 2.18. The molecule has 0 aliphatic carbocycles. The topological polar surface area (TPSA) is 32.7 Å². The average Bonchev–Trinajstić information content (AvgIpc) is 2.64. The van der Waals surface area contributed by atoms with Gasteiger partial charge in [-0.2, -0.15) is 0 Å². The fourth-order valence-corrected chi connectivity index (χ4v) is 2.78. The lowest BCUT2D eigenvalue weighted by molar-refractivity contribution is 0.202. The molecule has 1 fully saturated rings. The summed E-state index contributed by atoms with van der Waals surface area (Å²) < 4.78 is 5.55. The third kappa shape index (κ3) is 4.14. The van der Waals surface area contributed by atoms with Crippen LogP contribution in [0.5, 0.6) is 11.5 Å². The highest BCUT2D eigenvalue weighted by atomic mass is 16.5. The molecule has 1 aromatic rings.